The molecular weight excluding hydrogens is 408 g/mol. The molecule has 1 aliphatic heterocycles. The van der Waals surface area contributed by atoms with Crippen LogP contribution in [0.15, 0.2) is 31.8 Å². The lowest BCUT2D eigenvalue weighted by Crippen LogP contribution is -2.45. The second-order valence-electron chi connectivity index (χ2n) is 4.47. The van der Waals surface area contributed by atoms with Crippen LogP contribution in [0.25, 0.3) is 0 Å². The van der Waals surface area contributed by atoms with E-state index in [4.69, 9.17) is 0 Å². The van der Waals surface area contributed by atoms with E-state index in [-0.39, 0.29) is 0 Å². The van der Waals surface area contributed by atoms with Gasteiger partial charge in [0.05, 0.1) is 13.6 Å². The number of nitrogens with one attached hydrogen (secondary N) is 1. The van der Waals surface area contributed by atoms with E-state index in [1.165, 1.54) is 17.3 Å². The van der Waals surface area contributed by atoms with Crippen molar-refractivity contribution in [2.24, 2.45) is 0 Å². The molecule has 1 N–H and O–H groups in total. The van der Waals surface area contributed by atoms with Crippen LogP contribution in [0.4, 0.5) is 0 Å². The molecule has 0 amide bonds. The summed E-state index contributed by atoms with van der Waals surface area (Å²) in [7, 11) is 0. The fourth-order valence-corrected chi connectivity index (χ4v) is 5.62. The molecule has 19 heavy (non-hydrogen) atoms. The highest BCUT2D eigenvalue weighted by molar-refractivity contribution is 9.11. The molecule has 0 atom stereocenters. The number of halogens is 2. The van der Waals surface area contributed by atoms with Crippen LogP contribution in [0, 0.1) is 0 Å². The molecule has 102 valence electrons. The van der Waals surface area contributed by atoms with Gasteiger partial charge in [0.25, 0.3) is 0 Å². The van der Waals surface area contributed by atoms with E-state index in [0.717, 1.165) is 26.2 Å². The molecule has 0 aliphatic carbocycles. The second-order valence-corrected chi connectivity index (χ2v) is 9.46. The number of rotatable bonds is 3. The van der Waals surface area contributed by atoms with Gasteiger partial charge in [-0.2, -0.15) is 0 Å². The highest BCUT2D eigenvalue weighted by Crippen LogP contribution is 2.39. The van der Waals surface area contributed by atoms with Crippen LogP contribution in [0.1, 0.15) is 15.8 Å². The molecule has 3 rings (SSSR count). The zero-order valence-corrected chi connectivity index (χ0v) is 15.0. The highest BCUT2D eigenvalue weighted by atomic mass is 79.9. The van der Waals surface area contributed by atoms with Crippen molar-refractivity contribution in [3.8, 4) is 0 Å². The van der Waals surface area contributed by atoms with Gasteiger partial charge in [0.1, 0.15) is 0 Å². The number of piperazine rings is 1. The maximum Gasteiger partial charge on any atom is 0.0791 e. The van der Waals surface area contributed by atoms with Crippen LogP contribution < -0.4 is 5.32 Å². The average Bonchev–Trinajstić information content (AvgIpc) is 3.01. The Bertz CT molecular complexity index is 506. The molecule has 2 aromatic rings. The van der Waals surface area contributed by atoms with Crippen molar-refractivity contribution in [2.75, 3.05) is 26.2 Å². The first-order valence-corrected chi connectivity index (χ1v) is 9.41. The van der Waals surface area contributed by atoms with Crippen molar-refractivity contribution in [3.63, 3.8) is 0 Å². The quantitative estimate of drug-likeness (QED) is 0.793. The lowest BCUT2D eigenvalue weighted by molar-refractivity contribution is 0.203. The molecule has 0 saturated carbocycles. The summed E-state index contributed by atoms with van der Waals surface area (Å²) in [6.07, 6.45) is 0. The van der Waals surface area contributed by atoms with Crippen LogP contribution in [-0.4, -0.2) is 31.1 Å². The normalized spacial score (nSPS) is 17.2. The van der Waals surface area contributed by atoms with Gasteiger partial charge in [-0.25, -0.2) is 0 Å². The van der Waals surface area contributed by atoms with Crippen LogP contribution >= 0.6 is 54.5 Å². The lowest BCUT2D eigenvalue weighted by Gasteiger charge is -2.33. The van der Waals surface area contributed by atoms with Crippen molar-refractivity contribution in [2.45, 2.75) is 6.04 Å². The Morgan fingerprint density at radius 3 is 1.89 bits per heavy atom. The smallest absolute Gasteiger partial charge is 0.0791 e. The Kier molecular flexibility index (Phi) is 4.77. The molecule has 1 aliphatic rings. The summed E-state index contributed by atoms with van der Waals surface area (Å²) in [5.74, 6) is 0. The molecule has 1 fully saturated rings. The minimum absolute atomic E-state index is 0.398. The van der Waals surface area contributed by atoms with E-state index < -0.39 is 0 Å². The predicted molar refractivity (Wildman–Crippen MR) is 90.3 cm³/mol. The Balaban J connectivity index is 1.94. The topological polar surface area (TPSA) is 15.3 Å². The molecule has 0 spiro atoms. The maximum atomic E-state index is 3.58. The minimum Gasteiger partial charge on any atom is -0.314 e. The predicted octanol–water partition coefficient (Wildman–Crippen LogP) is 4.33. The van der Waals surface area contributed by atoms with E-state index in [0.29, 0.717) is 6.04 Å². The van der Waals surface area contributed by atoms with Gasteiger partial charge in [-0.1, -0.05) is 0 Å². The Hall–Kier alpha value is 0.280. The number of thiophene rings is 2. The van der Waals surface area contributed by atoms with Crippen LogP contribution in [-0.2, 0) is 0 Å². The Morgan fingerprint density at radius 2 is 1.47 bits per heavy atom. The lowest BCUT2D eigenvalue weighted by atomic mass is 10.1. The van der Waals surface area contributed by atoms with Gasteiger partial charge < -0.3 is 5.32 Å². The minimum atomic E-state index is 0.398. The Labute approximate surface area is 138 Å². The summed E-state index contributed by atoms with van der Waals surface area (Å²) >= 11 is 10.8. The monoisotopic (exact) mass is 420 g/mol. The van der Waals surface area contributed by atoms with Gasteiger partial charge in [-0.05, 0) is 56.1 Å². The molecule has 0 bridgehead atoms. The largest absolute Gasteiger partial charge is 0.314 e. The molecule has 2 aromatic heterocycles. The van der Waals surface area contributed by atoms with E-state index in [1.807, 2.05) is 22.7 Å². The van der Waals surface area contributed by atoms with Crippen LogP contribution in [0.3, 0.4) is 0 Å². The number of hydrogen-bond donors (Lipinski definition) is 1. The van der Waals surface area contributed by atoms with E-state index in [1.54, 1.807) is 0 Å². The summed E-state index contributed by atoms with van der Waals surface area (Å²) in [6.45, 7) is 4.37. The van der Waals surface area contributed by atoms with Crippen molar-refractivity contribution in [3.05, 3.63) is 41.6 Å². The molecule has 6 heteroatoms. The first-order valence-electron chi connectivity index (χ1n) is 6.19. The standard InChI is InChI=1S/C13H14Br2N2S2/c14-11-3-1-9(18-11)13(10-2-4-12(15)19-10)17-7-5-16-6-8-17/h1-4,13,16H,5-8H2. The summed E-state index contributed by atoms with van der Waals surface area (Å²) in [4.78, 5) is 5.42. The van der Waals surface area contributed by atoms with Gasteiger partial charge in [0.15, 0.2) is 0 Å². The average molecular weight is 422 g/mol. The molecule has 0 unspecified atom stereocenters. The van der Waals surface area contributed by atoms with Gasteiger partial charge >= 0.3 is 0 Å². The SMILES string of the molecule is Brc1ccc(C(c2ccc(Br)s2)N2CCNCC2)s1. The molecule has 3 heterocycles. The fraction of sp³-hybridized carbons (Fsp3) is 0.385. The summed E-state index contributed by atoms with van der Waals surface area (Å²) in [5, 5.41) is 3.43. The third-order valence-corrected chi connectivity index (χ3v) is 6.60. The third-order valence-electron chi connectivity index (χ3n) is 3.24. The summed E-state index contributed by atoms with van der Waals surface area (Å²) in [6, 6.07) is 9.19. The zero-order valence-electron chi connectivity index (χ0n) is 10.2. The summed E-state index contributed by atoms with van der Waals surface area (Å²) in [5.41, 5.74) is 0. The van der Waals surface area contributed by atoms with E-state index in [9.17, 15) is 0 Å². The molecule has 0 radical (unpaired) electrons. The van der Waals surface area contributed by atoms with Crippen molar-refractivity contribution >= 4 is 54.5 Å². The van der Waals surface area contributed by atoms with Crippen LogP contribution in [0.2, 0.25) is 0 Å². The Morgan fingerprint density at radius 1 is 0.947 bits per heavy atom. The fourth-order valence-electron chi connectivity index (χ4n) is 2.39. The zero-order chi connectivity index (χ0) is 13.2. The van der Waals surface area contributed by atoms with Crippen molar-refractivity contribution in [1.29, 1.82) is 0 Å². The molecule has 0 aromatic carbocycles. The van der Waals surface area contributed by atoms with Crippen molar-refractivity contribution < 1.29 is 0 Å². The van der Waals surface area contributed by atoms with Gasteiger partial charge in [0, 0.05) is 35.9 Å². The molecule has 1 saturated heterocycles. The first kappa shape index (κ1) is 14.2. The van der Waals surface area contributed by atoms with Gasteiger partial charge in [-0.3, -0.25) is 4.90 Å². The van der Waals surface area contributed by atoms with Crippen molar-refractivity contribution in [1.82, 2.24) is 10.2 Å². The number of hydrogen-bond acceptors (Lipinski definition) is 4. The maximum absolute atomic E-state index is 3.58. The van der Waals surface area contributed by atoms with E-state index in [2.05, 4.69) is 66.3 Å². The van der Waals surface area contributed by atoms with Gasteiger partial charge in [0.2, 0.25) is 0 Å². The highest BCUT2D eigenvalue weighted by Gasteiger charge is 2.26. The second kappa shape index (κ2) is 6.37. The van der Waals surface area contributed by atoms with Gasteiger partial charge in [-0.15, -0.1) is 22.7 Å². The third kappa shape index (κ3) is 3.31. The molecular formula is C13H14Br2N2S2. The number of nitrogens with zero attached hydrogens (tertiary/aromatic N) is 1. The van der Waals surface area contributed by atoms with Crippen LogP contribution in [0.5, 0.6) is 0 Å². The van der Waals surface area contributed by atoms with E-state index >= 15 is 0 Å². The summed E-state index contributed by atoms with van der Waals surface area (Å²) < 4.78 is 2.41. The molecule has 2 nitrogen and oxygen atoms in total. The first-order chi connectivity index (χ1) is 9.24.